The molecule has 0 spiro atoms. The van der Waals surface area contributed by atoms with E-state index in [9.17, 15) is 22.8 Å². The summed E-state index contributed by atoms with van der Waals surface area (Å²) in [6.07, 6.45) is -2.81. The number of pyridine rings is 1. The Labute approximate surface area is 246 Å². The summed E-state index contributed by atoms with van der Waals surface area (Å²) in [6.45, 7) is 4.04. The quantitative estimate of drug-likeness (QED) is 0.423. The van der Waals surface area contributed by atoms with Crippen LogP contribution in [0.1, 0.15) is 47.2 Å². The minimum atomic E-state index is -4.81. The number of carbonyl (C=O) groups is 1. The molecule has 5 rings (SSSR count). The molecule has 0 radical (unpaired) electrons. The summed E-state index contributed by atoms with van der Waals surface area (Å²) in [7, 11) is 1.51. The highest BCUT2D eigenvalue weighted by molar-refractivity contribution is 5.81. The molecule has 1 N–H and O–H groups in total. The van der Waals surface area contributed by atoms with Crippen LogP contribution < -0.4 is 20.5 Å². The Bertz CT molecular complexity index is 1560. The van der Waals surface area contributed by atoms with Crippen LogP contribution in [0.2, 0.25) is 0 Å². The number of hydrogen-bond acceptors (Lipinski definition) is 8. The molecule has 10 nitrogen and oxygen atoms in total. The van der Waals surface area contributed by atoms with Gasteiger partial charge in [0, 0.05) is 44.8 Å². The average Bonchev–Trinajstić information content (AvgIpc) is 3.41. The van der Waals surface area contributed by atoms with Gasteiger partial charge in [0.05, 0.1) is 31.0 Å². The highest BCUT2D eigenvalue weighted by Gasteiger charge is 2.42. The fraction of sp³-hybridized carbons (Fsp3) is 0.433. The van der Waals surface area contributed by atoms with Crippen LogP contribution in [0.25, 0.3) is 0 Å². The van der Waals surface area contributed by atoms with E-state index >= 15 is 0 Å². The van der Waals surface area contributed by atoms with Gasteiger partial charge >= 0.3 is 6.18 Å². The number of anilines is 1. The Morgan fingerprint density at radius 3 is 2.49 bits per heavy atom. The van der Waals surface area contributed by atoms with Gasteiger partial charge in [-0.15, -0.1) is 0 Å². The first-order valence-corrected chi connectivity index (χ1v) is 14.1. The summed E-state index contributed by atoms with van der Waals surface area (Å²) in [6, 6.07) is 11.7. The van der Waals surface area contributed by atoms with Gasteiger partial charge in [-0.3, -0.25) is 9.59 Å². The number of ether oxygens (including phenoxy) is 1. The van der Waals surface area contributed by atoms with E-state index in [2.05, 4.69) is 15.4 Å². The van der Waals surface area contributed by atoms with Gasteiger partial charge in [-0.1, -0.05) is 12.1 Å². The van der Waals surface area contributed by atoms with Crippen LogP contribution in [0.3, 0.4) is 0 Å². The van der Waals surface area contributed by atoms with Crippen molar-refractivity contribution in [1.82, 2.24) is 25.0 Å². The lowest BCUT2D eigenvalue weighted by Crippen LogP contribution is -2.54. The largest absolute Gasteiger partial charge is 0.497 e. The van der Waals surface area contributed by atoms with Gasteiger partial charge in [0.15, 0.2) is 0 Å². The van der Waals surface area contributed by atoms with Crippen molar-refractivity contribution < 1.29 is 22.7 Å². The maximum Gasteiger partial charge on any atom is 0.422 e. The number of piperazine rings is 1. The van der Waals surface area contributed by atoms with Crippen LogP contribution in [0.5, 0.6) is 5.75 Å². The van der Waals surface area contributed by atoms with E-state index in [4.69, 9.17) is 10.00 Å². The zero-order valence-corrected chi connectivity index (χ0v) is 23.9. The van der Waals surface area contributed by atoms with E-state index in [0.717, 1.165) is 10.5 Å². The Hall–Kier alpha value is -4.44. The number of alkyl halides is 3. The summed E-state index contributed by atoms with van der Waals surface area (Å²) in [5.74, 6) is 0.856. The van der Waals surface area contributed by atoms with Crippen molar-refractivity contribution in [2.75, 3.05) is 44.7 Å². The molecule has 1 aliphatic heterocycles. The number of nitriles is 1. The first-order valence-electron chi connectivity index (χ1n) is 14.1. The molecule has 1 saturated heterocycles. The predicted molar refractivity (Wildman–Crippen MR) is 152 cm³/mol. The maximum absolute atomic E-state index is 14.1. The third-order valence-corrected chi connectivity index (χ3v) is 8.03. The van der Waals surface area contributed by atoms with Gasteiger partial charge in [0.25, 0.3) is 5.56 Å². The van der Waals surface area contributed by atoms with Crippen molar-refractivity contribution in [3.05, 3.63) is 80.9 Å². The number of hydrogen-bond donors (Lipinski definition) is 1. The number of nitrogens with one attached hydrogen (secondary N) is 1. The molecule has 1 amide bonds. The molecule has 226 valence electrons. The van der Waals surface area contributed by atoms with Crippen molar-refractivity contribution in [2.45, 2.75) is 44.4 Å². The highest BCUT2D eigenvalue weighted by Crippen LogP contribution is 2.38. The molecular weight excluding hydrogens is 563 g/mol. The SMILES string of the molecule is COc1ccc(Cn2nc3c(c(C(F)(F)F)c2=O)CCC3CN[C@H](C)C(=O)N2CCN(c3ccc(C#N)cn3)CC2)cc1. The number of carbonyl (C=O) groups excluding carboxylic acids is 1. The number of methoxy groups -OCH3 is 1. The monoisotopic (exact) mass is 595 g/mol. The topological polar surface area (TPSA) is 116 Å². The molecular formula is C30H32F3N7O3. The number of amides is 1. The normalized spacial score (nSPS) is 17.3. The van der Waals surface area contributed by atoms with Crippen molar-refractivity contribution in [3.63, 3.8) is 0 Å². The molecule has 2 aromatic heterocycles. The van der Waals surface area contributed by atoms with E-state index < -0.39 is 23.3 Å². The maximum atomic E-state index is 14.1. The van der Waals surface area contributed by atoms with Gasteiger partial charge < -0.3 is 19.9 Å². The van der Waals surface area contributed by atoms with Crippen LogP contribution >= 0.6 is 0 Å². The van der Waals surface area contributed by atoms with Crippen LogP contribution in [0.15, 0.2) is 47.4 Å². The molecule has 3 aromatic rings. The number of aromatic nitrogens is 3. The number of nitrogens with zero attached hydrogens (tertiary/aromatic N) is 6. The Kier molecular flexibility index (Phi) is 8.68. The molecule has 1 unspecified atom stereocenters. The first-order chi connectivity index (χ1) is 20.6. The van der Waals surface area contributed by atoms with Gasteiger partial charge in [-0.2, -0.15) is 23.5 Å². The molecule has 2 atom stereocenters. The third-order valence-electron chi connectivity index (χ3n) is 8.03. The van der Waals surface area contributed by atoms with Crippen molar-refractivity contribution >= 4 is 11.7 Å². The van der Waals surface area contributed by atoms with Gasteiger partial charge in [-0.25, -0.2) is 9.67 Å². The van der Waals surface area contributed by atoms with Gasteiger partial charge in [0.2, 0.25) is 5.91 Å². The third kappa shape index (κ3) is 6.49. The zero-order valence-electron chi connectivity index (χ0n) is 23.9. The predicted octanol–water partition coefficient (Wildman–Crippen LogP) is 2.94. The summed E-state index contributed by atoms with van der Waals surface area (Å²) < 4.78 is 48.3. The second kappa shape index (κ2) is 12.4. The smallest absolute Gasteiger partial charge is 0.422 e. The Morgan fingerprint density at radius 1 is 1.16 bits per heavy atom. The van der Waals surface area contributed by atoms with E-state index in [1.807, 2.05) is 11.0 Å². The second-order valence-corrected chi connectivity index (χ2v) is 10.7. The van der Waals surface area contributed by atoms with E-state index in [1.54, 1.807) is 48.2 Å². The Balaban J connectivity index is 1.25. The number of fused-ring (bicyclic) bond motifs is 1. The van der Waals surface area contributed by atoms with E-state index in [-0.39, 0.29) is 42.6 Å². The molecule has 1 aliphatic carbocycles. The summed E-state index contributed by atoms with van der Waals surface area (Å²) in [5, 5.41) is 16.6. The average molecular weight is 596 g/mol. The van der Waals surface area contributed by atoms with Crippen molar-refractivity contribution in [2.24, 2.45) is 0 Å². The molecule has 3 heterocycles. The fourth-order valence-electron chi connectivity index (χ4n) is 5.64. The molecule has 1 fully saturated rings. The van der Waals surface area contributed by atoms with Crippen LogP contribution in [0, 0.1) is 11.3 Å². The molecule has 13 heteroatoms. The highest BCUT2D eigenvalue weighted by atomic mass is 19.4. The number of benzene rings is 1. The standard InChI is InChI=1S/C30H32F3N7O3/c1-19(28(41)39-13-11-38(12-14-39)25-10-5-21(15-34)16-36-25)35-17-22-6-9-24-26(30(31,32)33)29(42)40(37-27(22)24)18-20-3-7-23(43-2)8-4-20/h3-5,7-8,10,16,19,22,35H,6,9,11-14,17-18H2,1-2H3/t19-,22?/m1/s1. The molecule has 0 saturated carbocycles. The lowest BCUT2D eigenvalue weighted by molar-refractivity contribution is -0.139. The molecule has 1 aromatic carbocycles. The lowest BCUT2D eigenvalue weighted by Gasteiger charge is -2.36. The van der Waals surface area contributed by atoms with Gasteiger partial charge in [-0.05, 0) is 55.2 Å². The summed E-state index contributed by atoms with van der Waals surface area (Å²) in [4.78, 5) is 34.3. The van der Waals surface area contributed by atoms with Crippen LogP contribution in [-0.2, 0) is 23.9 Å². The lowest BCUT2D eigenvalue weighted by atomic mass is 10.0. The van der Waals surface area contributed by atoms with E-state index in [1.165, 1.54) is 13.3 Å². The Morgan fingerprint density at radius 2 is 1.88 bits per heavy atom. The number of halogens is 3. The van der Waals surface area contributed by atoms with Gasteiger partial charge in [0.1, 0.15) is 23.2 Å². The second-order valence-electron chi connectivity index (χ2n) is 10.7. The minimum absolute atomic E-state index is 0.0539. The van der Waals surface area contributed by atoms with E-state index in [0.29, 0.717) is 49.5 Å². The van der Waals surface area contributed by atoms with Crippen molar-refractivity contribution in [1.29, 1.82) is 5.26 Å². The first kappa shape index (κ1) is 30.0. The van der Waals surface area contributed by atoms with Crippen LogP contribution in [0.4, 0.5) is 19.0 Å². The molecule has 43 heavy (non-hydrogen) atoms. The zero-order chi connectivity index (χ0) is 30.7. The fourth-order valence-corrected chi connectivity index (χ4v) is 5.64. The minimum Gasteiger partial charge on any atom is -0.497 e. The van der Waals surface area contributed by atoms with Crippen molar-refractivity contribution in [3.8, 4) is 11.8 Å². The van der Waals surface area contributed by atoms with Crippen LogP contribution in [-0.4, -0.2) is 71.4 Å². The molecule has 2 aliphatic rings. The number of rotatable bonds is 8. The summed E-state index contributed by atoms with van der Waals surface area (Å²) >= 11 is 0. The summed E-state index contributed by atoms with van der Waals surface area (Å²) in [5.41, 5.74) is -1.03. The molecule has 0 bridgehead atoms.